The number of carbonyl (C=O) groups is 1. The number of carbonyl (C=O) groups excluding carboxylic acids is 1. The Morgan fingerprint density at radius 1 is 1.40 bits per heavy atom. The molecule has 0 radical (unpaired) electrons. The molecular weight excluding hydrogens is 318 g/mol. The fourth-order valence-electron chi connectivity index (χ4n) is 3.31. The van der Waals surface area contributed by atoms with Gasteiger partial charge in [0.1, 0.15) is 5.75 Å². The first-order valence-electron chi connectivity index (χ1n) is 8.63. The monoisotopic (exact) mass is 343 g/mol. The highest BCUT2D eigenvalue weighted by molar-refractivity contribution is 5.69. The molecule has 1 atom stereocenters. The van der Waals surface area contributed by atoms with Crippen LogP contribution in [0.25, 0.3) is 11.3 Å². The minimum Gasteiger partial charge on any atom is -0.497 e. The van der Waals surface area contributed by atoms with Crippen molar-refractivity contribution in [2.24, 2.45) is 0 Å². The molecule has 1 N–H and O–H groups in total. The van der Waals surface area contributed by atoms with Gasteiger partial charge in [-0.05, 0) is 25.5 Å². The Hall–Kier alpha value is -2.34. The molecule has 0 amide bonds. The van der Waals surface area contributed by atoms with Crippen molar-refractivity contribution in [2.45, 2.75) is 38.8 Å². The van der Waals surface area contributed by atoms with E-state index < -0.39 is 0 Å². The van der Waals surface area contributed by atoms with Gasteiger partial charge in [0.15, 0.2) is 0 Å². The lowest BCUT2D eigenvalue weighted by atomic mass is 9.99. The number of nitrogens with zero attached hydrogens (tertiary/aromatic N) is 2. The molecule has 0 saturated heterocycles. The highest BCUT2D eigenvalue weighted by atomic mass is 16.5. The topological polar surface area (TPSA) is 67.5 Å². The number of methoxy groups -OCH3 is 2. The van der Waals surface area contributed by atoms with Gasteiger partial charge in [0, 0.05) is 48.8 Å². The molecule has 2 aromatic rings. The van der Waals surface area contributed by atoms with E-state index in [9.17, 15) is 4.79 Å². The fourth-order valence-corrected chi connectivity index (χ4v) is 3.31. The number of esters is 1. The lowest BCUT2D eigenvalue weighted by Crippen LogP contribution is -2.37. The number of hydrogen-bond acceptors (Lipinski definition) is 5. The number of ether oxygens (including phenoxy) is 2. The van der Waals surface area contributed by atoms with Crippen LogP contribution in [-0.2, 0) is 22.5 Å². The number of fused-ring (bicyclic) bond motifs is 1. The number of benzene rings is 1. The molecule has 6 nitrogen and oxygen atoms in total. The second-order valence-electron chi connectivity index (χ2n) is 6.45. The van der Waals surface area contributed by atoms with Crippen LogP contribution in [0.1, 0.15) is 31.0 Å². The summed E-state index contributed by atoms with van der Waals surface area (Å²) < 4.78 is 10.1. The van der Waals surface area contributed by atoms with Gasteiger partial charge in [-0.3, -0.25) is 14.8 Å². The molecule has 0 unspecified atom stereocenters. The Bertz CT molecular complexity index is 741. The Labute approximate surface area is 148 Å². The number of aromatic amines is 1. The van der Waals surface area contributed by atoms with Crippen molar-refractivity contribution in [2.75, 3.05) is 20.8 Å². The van der Waals surface area contributed by atoms with Crippen LogP contribution in [0, 0.1) is 0 Å². The zero-order valence-corrected chi connectivity index (χ0v) is 15.0. The van der Waals surface area contributed by atoms with E-state index in [1.54, 1.807) is 7.11 Å². The predicted molar refractivity (Wildman–Crippen MR) is 95.4 cm³/mol. The second-order valence-corrected chi connectivity index (χ2v) is 6.45. The maximum atomic E-state index is 11.4. The van der Waals surface area contributed by atoms with Crippen LogP contribution < -0.4 is 4.74 Å². The van der Waals surface area contributed by atoms with Crippen molar-refractivity contribution in [3.8, 4) is 17.0 Å². The number of rotatable bonds is 6. The van der Waals surface area contributed by atoms with E-state index in [1.807, 2.05) is 18.2 Å². The first-order valence-corrected chi connectivity index (χ1v) is 8.63. The maximum absolute atomic E-state index is 11.4. The quantitative estimate of drug-likeness (QED) is 0.817. The normalized spacial score (nSPS) is 15.5. The summed E-state index contributed by atoms with van der Waals surface area (Å²) >= 11 is 0. The number of nitrogens with one attached hydrogen (secondary N) is 1. The standard InChI is InChI=1S/C19H25N3O3/c1-13(7-8-18(23)25-3)22-10-9-17-16(12-22)19(21-20-17)14-5-4-6-15(11-14)24-2/h4-6,11,13H,7-10,12H2,1-3H3,(H,20,21)/t13-/m0/s1. The summed E-state index contributed by atoms with van der Waals surface area (Å²) in [5, 5.41) is 7.73. The number of aromatic nitrogens is 2. The lowest BCUT2D eigenvalue weighted by molar-refractivity contribution is -0.141. The molecule has 1 aromatic heterocycles. The molecule has 0 spiro atoms. The van der Waals surface area contributed by atoms with Gasteiger partial charge in [0.05, 0.1) is 19.9 Å². The van der Waals surface area contributed by atoms with E-state index >= 15 is 0 Å². The fraction of sp³-hybridized carbons (Fsp3) is 0.474. The minimum atomic E-state index is -0.148. The van der Waals surface area contributed by atoms with Gasteiger partial charge in [-0.15, -0.1) is 0 Å². The van der Waals surface area contributed by atoms with E-state index in [0.717, 1.165) is 42.9 Å². The molecule has 1 aliphatic heterocycles. The molecule has 2 heterocycles. The van der Waals surface area contributed by atoms with E-state index in [-0.39, 0.29) is 5.97 Å². The van der Waals surface area contributed by atoms with Gasteiger partial charge in [-0.25, -0.2) is 0 Å². The Morgan fingerprint density at radius 3 is 3.00 bits per heavy atom. The molecule has 134 valence electrons. The van der Waals surface area contributed by atoms with Gasteiger partial charge in [-0.2, -0.15) is 5.10 Å². The highest BCUT2D eigenvalue weighted by Crippen LogP contribution is 2.31. The van der Waals surface area contributed by atoms with Crippen LogP contribution in [-0.4, -0.2) is 47.9 Å². The Morgan fingerprint density at radius 2 is 2.24 bits per heavy atom. The van der Waals surface area contributed by atoms with Crippen molar-refractivity contribution in [1.82, 2.24) is 15.1 Å². The van der Waals surface area contributed by atoms with E-state index in [4.69, 9.17) is 9.47 Å². The largest absolute Gasteiger partial charge is 0.497 e. The summed E-state index contributed by atoms with van der Waals surface area (Å²) in [6, 6.07) is 8.30. The van der Waals surface area contributed by atoms with Crippen molar-refractivity contribution < 1.29 is 14.3 Å². The number of hydrogen-bond donors (Lipinski definition) is 1. The Kier molecular flexibility index (Phi) is 5.38. The zero-order chi connectivity index (χ0) is 17.8. The first kappa shape index (κ1) is 17.5. The summed E-state index contributed by atoms with van der Waals surface area (Å²) in [4.78, 5) is 13.8. The van der Waals surface area contributed by atoms with Crippen LogP contribution >= 0.6 is 0 Å². The third kappa shape index (κ3) is 3.85. The predicted octanol–water partition coefficient (Wildman–Crippen LogP) is 2.79. The van der Waals surface area contributed by atoms with Crippen LogP contribution in [0.3, 0.4) is 0 Å². The van der Waals surface area contributed by atoms with Crippen LogP contribution in [0.2, 0.25) is 0 Å². The third-order valence-electron chi connectivity index (χ3n) is 4.92. The molecule has 1 aromatic carbocycles. The summed E-state index contributed by atoms with van der Waals surface area (Å²) in [6.07, 6.45) is 2.19. The molecule has 1 aliphatic rings. The molecule has 6 heteroatoms. The molecule has 0 saturated carbocycles. The van der Waals surface area contributed by atoms with E-state index in [2.05, 4.69) is 28.1 Å². The molecule has 0 bridgehead atoms. The van der Waals surface area contributed by atoms with Crippen LogP contribution in [0.15, 0.2) is 24.3 Å². The maximum Gasteiger partial charge on any atom is 0.305 e. The van der Waals surface area contributed by atoms with Gasteiger partial charge in [0.2, 0.25) is 0 Å². The van der Waals surface area contributed by atoms with Crippen molar-refractivity contribution in [3.05, 3.63) is 35.5 Å². The lowest BCUT2D eigenvalue weighted by Gasteiger charge is -2.32. The van der Waals surface area contributed by atoms with Crippen molar-refractivity contribution >= 4 is 5.97 Å². The number of H-pyrrole nitrogens is 1. The van der Waals surface area contributed by atoms with Crippen LogP contribution in [0.4, 0.5) is 0 Å². The smallest absolute Gasteiger partial charge is 0.305 e. The molecule has 3 rings (SSSR count). The Balaban J connectivity index is 1.76. The highest BCUT2D eigenvalue weighted by Gasteiger charge is 2.26. The molecule has 25 heavy (non-hydrogen) atoms. The average molecular weight is 343 g/mol. The van der Waals surface area contributed by atoms with Gasteiger partial charge >= 0.3 is 5.97 Å². The molecule has 0 aliphatic carbocycles. The summed E-state index contributed by atoms with van der Waals surface area (Å²) in [5.74, 6) is 0.679. The van der Waals surface area contributed by atoms with E-state index in [0.29, 0.717) is 12.5 Å². The molecule has 0 fully saturated rings. The van der Waals surface area contributed by atoms with Gasteiger partial charge in [-0.1, -0.05) is 12.1 Å². The van der Waals surface area contributed by atoms with Gasteiger partial charge in [0.25, 0.3) is 0 Å². The first-order chi connectivity index (χ1) is 12.1. The minimum absolute atomic E-state index is 0.148. The zero-order valence-electron chi connectivity index (χ0n) is 15.0. The third-order valence-corrected chi connectivity index (χ3v) is 4.92. The van der Waals surface area contributed by atoms with Crippen LogP contribution in [0.5, 0.6) is 5.75 Å². The summed E-state index contributed by atoms with van der Waals surface area (Å²) in [7, 11) is 3.11. The van der Waals surface area contributed by atoms with Gasteiger partial charge < -0.3 is 9.47 Å². The summed E-state index contributed by atoms with van der Waals surface area (Å²) in [5.41, 5.74) is 4.48. The van der Waals surface area contributed by atoms with E-state index in [1.165, 1.54) is 18.4 Å². The second kappa shape index (κ2) is 7.70. The summed E-state index contributed by atoms with van der Waals surface area (Å²) in [6.45, 7) is 3.97. The van der Waals surface area contributed by atoms with Crippen molar-refractivity contribution in [3.63, 3.8) is 0 Å². The average Bonchev–Trinajstić information content (AvgIpc) is 3.08. The SMILES string of the molecule is COC(=O)CC[C@H](C)N1CCc2[nH]nc(-c3cccc(OC)c3)c2C1. The molecular formula is C19H25N3O3. The van der Waals surface area contributed by atoms with Crippen molar-refractivity contribution in [1.29, 1.82) is 0 Å².